The van der Waals surface area contributed by atoms with E-state index < -0.39 is 0 Å². The number of nitrogens with zero attached hydrogens (tertiary/aromatic N) is 2. The Morgan fingerprint density at radius 1 is 1.29 bits per heavy atom. The molecule has 0 bridgehead atoms. The summed E-state index contributed by atoms with van der Waals surface area (Å²) in [7, 11) is 1.44. The maximum absolute atomic E-state index is 13.6. The molecule has 0 atom stereocenters. The fourth-order valence-corrected chi connectivity index (χ4v) is 2.59. The highest BCUT2D eigenvalue weighted by molar-refractivity contribution is 5.76. The van der Waals surface area contributed by atoms with Crippen LogP contribution in [0.25, 0.3) is 0 Å². The fraction of sp³-hybridized carbons (Fsp3) is 0.562. The van der Waals surface area contributed by atoms with Gasteiger partial charge in [-0.1, -0.05) is 13.0 Å². The Morgan fingerprint density at radius 3 is 2.57 bits per heavy atom. The lowest BCUT2D eigenvalue weighted by Crippen LogP contribution is -2.48. The number of benzene rings is 1. The maximum atomic E-state index is 13.6. The van der Waals surface area contributed by atoms with Crippen LogP contribution in [-0.2, 0) is 11.2 Å². The minimum absolute atomic E-state index is 0.155. The zero-order chi connectivity index (χ0) is 15.2. The lowest BCUT2D eigenvalue weighted by atomic mass is 10.1. The van der Waals surface area contributed by atoms with E-state index in [9.17, 15) is 9.18 Å². The molecule has 4 nitrogen and oxygen atoms in total. The monoisotopic (exact) mass is 294 g/mol. The summed E-state index contributed by atoms with van der Waals surface area (Å²) in [6.45, 7) is 6.65. The zero-order valence-corrected chi connectivity index (χ0v) is 12.8. The van der Waals surface area contributed by atoms with Crippen LogP contribution in [0.15, 0.2) is 18.2 Å². The molecule has 0 spiro atoms. The summed E-state index contributed by atoms with van der Waals surface area (Å²) in [4.78, 5) is 16.4. The lowest BCUT2D eigenvalue weighted by Gasteiger charge is -2.34. The van der Waals surface area contributed by atoms with Crippen molar-refractivity contribution < 1.29 is 13.9 Å². The predicted octanol–water partition coefficient (Wildman–Crippen LogP) is 1.93. The summed E-state index contributed by atoms with van der Waals surface area (Å²) in [5, 5.41) is 0. The molecule has 116 valence electrons. The molecular formula is C16H23FN2O2. The number of likely N-dealkylation sites (N-methyl/N-ethyl adjacent to an activating group) is 1. The predicted molar refractivity (Wildman–Crippen MR) is 80.0 cm³/mol. The Labute approximate surface area is 125 Å². The van der Waals surface area contributed by atoms with E-state index in [4.69, 9.17) is 4.74 Å². The summed E-state index contributed by atoms with van der Waals surface area (Å²) in [6.07, 6.45) is 0.992. The minimum Gasteiger partial charge on any atom is -0.494 e. The highest BCUT2D eigenvalue weighted by Crippen LogP contribution is 2.18. The Morgan fingerprint density at radius 2 is 2.00 bits per heavy atom. The summed E-state index contributed by atoms with van der Waals surface area (Å²) in [6, 6.07) is 4.86. The first-order valence-corrected chi connectivity index (χ1v) is 7.46. The van der Waals surface area contributed by atoms with E-state index in [2.05, 4.69) is 11.8 Å². The molecule has 1 aromatic rings. The number of aryl methyl sites for hydroxylation is 1. The number of methoxy groups -OCH3 is 1. The second kappa shape index (κ2) is 7.41. The number of piperazine rings is 1. The van der Waals surface area contributed by atoms with Gasteiger partial charge < -0.3 is 14.5 Å². The molecule has 0 unspecified atom stereocenters. The van der Waals surface area contributed by atoms with Crippen LogP contribution in [0.1, 0.15) is 18.9 Å². The van der Waals surface area contributed by atoms with Gasteiger partial charge in [-0.3, -0.25) is 4.79 Å². The average molecular weight is 294 g/mol. The van der Waals surface area contributed by atoms with Crippen LogP contribution in [0.2, 0.25) is 0 Å². The van der Waals surface area contributed by atoms with E-state index >= 15 is 0 Å². The first-order valence-electron chi connectivity index (χ1n) is 7.46. The Balaban J connectivity index is 1.83. The zero-order valence-electron chi connectivity index (χ0n) is 12.8. The third kappa shape index (κ3) is 4.17. The van der Waals surface area contributed by atoms with Crippen molar-refractivity contribution in [2.24, 2.45) is 0 Å². The van der Waals surface area contributed by atoms with Crippen LogP contribution < -0.4 is 4.74 Å². The van der Waals surface area contributed by atoms with Gasteiger partial charge in [0.15, 0.2) is 11.6 Å². The van der Waals surface area contributed by atoms with Gasteiger partial charge in [0, 0.05) is 32.6 Å². The van der Waals surface area contributed by atoms with E-state index in [-0.39, 0.29) is 17.5 Å². The average Bonchev–Trinajstić information content (AvgIpc) is 2.52. The molecule has 1 saturated heterocycles. The Kier molecular flexibility index (Phi) is 5.56. The van der Waals surface area contributed by atoms with Crippen molar-refractivity contribution in [2.45, 2.75) is 19.8 Å². The number of hydrogen-bond acceptors (Lipinski definition) is 3. The fourth-order valence-electron chi connectivity index (χ4n) is 2.59. The Hall–Kier alpha value is -1.62. The molecular weight excluding hydrogens is 271 g/mol. The van der Waals surface area contributed by atoms with Crippen molar-refractivity contribution in [1.82, 2.24) is 9.80 Å². The molecule has 0 N–H and O–H groups in total. The van der Waals surface area contributed by atoms with E-state index in [1.165, 1.54) is 13.2 Å². The van der Waals surface area contributed by atoms with Gasteiger partial charge in [-0.25, -0.2) is 4.39 Å². The third-order valence-electron chi connectivity index (χ3n) is 4.02. The van der Waals surface area contributed by atoms with E-state index in [0.717, 1.165) is 38.3 Å². The Bertz CT molecular complexity index is 485. The van der Waals surface area contributed by atoms with Crippen molar-refractivity contribution >= 4 is 5.91 Å². The summed E-state index contributed by atoms with van der Waals surface area (Å²) in [5.41, 5.74) is 0.828. The lowest BCUT2D eigenvalue weighted by molar-refractivity contribution is -0.132. The molecule has 0 aliphatic carbocycles. The minimum atomic E-state index is -0.376. The molecule has 1 aliphatic rings. The maximum Gasteiger partial charge on any atom is 0.222 e. The second-order valence-corrected chi connectivity index (χ2v) is 5.28. The highest BCUT2D eigenvalue weighted by atomic mass is 19.1. The van der Waals surface area contributed by atoms with Gasteiger partial charge >= 0.3 is 0 Å². The number of carbonyl (C=O) groups excluding carboxylic acids is 1. The van der Waals surface area contributed by atoms with Crippen molar-refractivity contribution in [1.29, 1.82) is 0 Å². The summed E-state index contributed by atoms with van der Waals surface area (Å²) >= 11 is 0. The molecule has 0 aromatic heterocycles. The number of rotatable bonds is 5. The van der Waals surface area contributed by atoms with E-state index in [0.29, 0.717) is 12.8 Å². The van der Waals surface area contributed by atoms with Crippen molar-refractivity contribution in [2.75, 3.05) is 39.8 Å². The highest BCUT2D eigenvalue weighted by Gasteiger charge is 2.19. The topological polar surface area (TPSA) is 32.8 Å². The smallest absolute Gasteiger partial charge is 0.222 e. The number of hydrogen-bond donors (Lipinski definition) is 0. The van der Waals surface area contributed by atoms with E-state index in [1.54, 1.807) is 6.07 Å². The van der Waals surface area contributed by atoms with Crippen LogP contribution >= 0.6 is 0 Å². The third-order valence-corrected chi connectivity index (χ3v) is 4.02. The second-order valence-electron chi connectivity index (χ2n) is 5.28. The van der Waals surface area contributed by atoms with Crippen LogP contribution in [-0.4, -0.2) is 55.5 Å². The van der Waals surface area contributed by atoms with Crippen molar-refractivity contribution in [3.63, 3.8) is 0 Å². The molecule has 1 amide bonds. The molecule has 5 heteroatoms. The number of amides is 1. The van der Waals surface area contributed by atoms with Gasteiger partial charge in [0.25, 0.3) is 0 Å². The standard InChI is InChI=1S/C16H23FN2O2/c1-3-18-8-10-19(11-9-18)16(20)7-5-13-4-6-15(21-2)14(17)12-13/h4,6,12H,3,5,7-11H2,1-2H3. The quantitative estimate of drug-likeness (QED) is 0.832. The van der Waals surface area contributed by atoms with Crippen LogP contribution in [0.3, 0.4) is 0 Å². The van der Waals surface area contributed by atoms with Gasteiger partial charge in [0.1, 0.15) is 0 Å². The normalized spacial score (nSPS) is 16.0. The van der Waals surface area contributed by atoms with E-state index in [1.807, 2.05) is 11.0 Å². The molecule has 1 aromatic carbocycles. The summed E-state index contributed by atoms with van der Waals surface area (Å²) < 4.78 is 18.5. The first kappa shape index (κ1) is 15.8. The SMILES string of the molecule is CCN1CCN(C(=O)CCc2ccc(OC)c(F)c2)CC1. The molecule has 1 heterocycles. The first-order chi connectivity index (χ1) is 10.1. The summed E-state index contributed by atoms with van der Waals surface area (Å²) in [5.74, 6) is 0.0155. The molecule has 2 rings (SSSR count). The molecule has 1 fully saturated rings. The largest absolute Gasteiger partial charge is 0.494 e. The van der Waals surface area contributed by atoms with Gasteiger partial charge in [-0.15, -0.1) is 0 Å². The van der Waals surface area contributed by atoms with Gasteiger partial charge in [0.2, 0.25) is 5.91 Å². The molecule has 1 aliphatic heterocycles. The number of ether oxygens (including phenoxy) is 1. The van der Waals surface area contributed by atoms with Crippen molar-refractivity contribution in [3.05, 3.63) is 29.6 Å². The molecule has 0 saturated carbocycles. The number of halogens is 1. The van der Waals surface area contributed by atoms with Crippen molar-refractivity contribution in [3.8, 4) is 5.75 Å². The van der Waals surface area contributed by atoms with Crippen LogP contribution in [0, 0.1) is 5.82 Å². The molecule has 0 radical (unpaired) electrons. The van der Waals surface area contributed by atoms with Gasteiger partial charge in [0.05, 0.1) is 7.11 Å². The number of carbonyl (C=O) groups is 1. The van der Waals surface area contributed by atoms with Crippen LogP contribution in [0.4, 0.5) is 4.39 Å². The van der Waals surface area contributed by atoms with Gasteiger partial charge in [-0.2, -0.15) is 0 Å². The van der Waals surface area contributed by atoms with Gasteiger partial charge in [-0.05, 0) is 30.7 Å². The van der Waals surface area contributed by atoms with Crippen LogP contribution in [0.5, 0.6) is 5.75 Å². The molecule has 21 heavy (non-hydrogen) atoms.